The van der Waals surface area contributed by atoms with Gasteiger partial charge in [-0.05, 0) is 42.8 Å². The third-order valence-electron chi connectivity index (χ3n) is 5.13. The van der Waals surface area contributed by atoms with Gasteiger partial charge < -0.3 is 20.3 Å². The first-order valence-electron chi connectivity index (χ1n) is 9.56. The zero-order valence-electron chi connectivity index (χ0n) is 16.4. The molecule has 0 aliphatic carbocycles. The van der Waals surface area contributed by atoms with Crippen molar-refractivity contribution in [3.8, 4) is 5.75 Å². The first-order valence-corrected chi connectivity index (χ1v) is 9.94. The van der Waals surface area contributed by atoms with Crippen LogP contribution in [0.15, 0.2) is 48.8 Å². The molecule has 3 heterocycles. The van der Waals surface area contributed by atoms with Gasteiger partial charge in [-0.2, -0.15) is 10.3 Å². The van der Waals surface area contributed by atoms with Gasteiger partial charge in [-0.25, -0.2) is 4.79 Å². The van der Waals surface area contributed by atoms with Gasteiger partial charge in [0.1, 0.15) is 5.75 Å². The average molecular weight is 428 g/mol. The lowest BCUT2D eigenvalue weighted by molar-refractivity contribution is 0.243. The number of methoxy groups -OCH3 is 1. The molecule has 1 aliphatic rings. The molecular formula is C20H22ClN7O2. The predicted molar refractivity (Wildman–Crippen MR) is 114 cm³/mol. The Morgan fingerprint density at radius 2 is 2.07 bits per heavy atom. The van der Waals surface area contributed by atoms with Crippen molar-refractivity contribution >= 4 is 29.1 Å². The van der Waals surface area contributed by atoms with E-state index in [2.05, 4.69) is 35.9 Å². The smallest absolute Gasteiger partial charge is 0.319 e. The Morgan fingerprint density at radius 3 is 2.73 bits per heavy atom. The number of ether oxygens (including phenoxy) is 1. The summed E-state index contributed by atoms with van der Waals surface area (Å²) in [6.07, 6.45) is 4.12. The summed E-state index contributed by atoms with van der Waals surface area (Å²) in [7, 11) is 1.61. The molecule has 2 aromatic heterocycles. The van der Waals surface area contributed by atoms with E-state index in [0.29, 0.717) is 23.0 Å². The van der Waals surface area contributed by atoms with Crippen LogP contribution in [-0.4, -0.2) is 52.7 Å². The van der Waals surface area contributed by atoms with Crippen LogP contribution in [0.4, 0.5) is 16.3 Å². The molecule has 1 saturated heterocycles. The molecule has 0 radical (unpaired) electrons. The van der Waals surface area contributed by atoms with E-state index < -0.39 is 0 Å². The van der Waals surface area contributed by atoms with Crippen LogP contribution in [0.25, 0.3) is 0 Å². The Labute approximate surface area is 178 Å². The number of anilines is 2. The maximum absolute atomic E-state index is 12.6. The third kappa shape index (κ3) is 4.62. The van der Waals surface area contributed by atoms with Gasteiger partial charge >= 0.3 is 6.03 Å². The lowest BCUT2D eigenvalue weighted by atomic mass is 9.89. The molecule has 9 nitrogen and oxygen atoms in total. The Bertz CT molecular complexity index is 964. The number of carbonyl (C=O) groups excluding carboxylic acids is 1. The predicted octanol–water partition coefficient (Wildman–Crippen LogP) is 3.05. The third-order valence-corrected chi connectivity index (χ3v) is 5.38. The fraction of sp³-hybridized carbons (Fsp3) is 0.300. The van der Waals surface area contributed by atoms with Crippen molar-refractivity contribution in [1.82, 2.24) is 25.7 Å². The van der Waals surface area contributed by atoms with Gasteiger partial charge in [0.05, 0.1) is 19.5 Å². The number of halogens is 1. The van der Waals surface area contributed by atoms with Crippen LogP contribution in [0.5, 0.6) is 5.75 Å². The number of pyridine rings is 1. The van der Waals surface area contributed by atoms with Crippen LogP contribution in [-0.2, 0) is 0 Å². The van der Waals surface area contributed by atoms with E-state index >= 15 is 0 Å². The molecule has 0 unspecified atom stereocenters. The normalized spacial score (nSPS) is 18.7. The summed E-state index contributed by atoms with van der Waals surface area (Å²) in [4.78, 5) is 19.3. The minimum absolute atomic E-state index is 0.0303. The minimum Gasteiger partial charge on any atom is -0.495 e. The highest BCUT2D eigenvalue weighted by Gasteiger charge is 2.33. The number of rotatable bonds is 5. The van der Waals surface area contributed by atoms with Crippen LogP contribution in [0.2, 0.25) is 5.02 Å². The van der Waals surface area contributed by atoms with Gasteiger partial charge in [0.25, 0.3) is 0 Å². The first kappa shape index (κ1) is 20.0. The van der Waals surface area contributed by atoms with E-state index in [1.807, 2.05) is 12.1 Å². The number of hydrogen-bond donors (Lipinski definition) is 3. The number of urea groups is 1. The van der Waals surface area contributed by atoms with E-state index in [4.69, 9.17) is 16.3 Å². The minimum atomic E-state index is -0.268. The second kappa shape index (κ2) is 9.00. The molecule has 3 N–H and O–H groups in total. The molecule has 3 aromatic rings. The summed E-state index contributed by atoms with van der Waals surface area (Å²) in [5, 5.41) is 17.3. The number of piperidine rings is 1. The number of nitrogens with zero attached hydrogens (tertiary/aromatic N) is 4. The molecule has 0 saturated carbocycles. The number of aromatic amines is 1. The van der Waals surface area contributed by atoms with E-state index in [1.165, 1.54) is 0 Å². The van der Waals surface area contributed by atoms with Crippen molar-refractivity contribution in [3.05, 3.63) is 59.5 Å². The maximum atomic E-state index is 12.6. The van der Waals surface area contributed by atoms with E-state index in [0.717, 1.165) is 24.5 Å². The number of hydrogen-bond acceptors (Lipinski definition) is 6. The summed E-state index contributed by atoms with van der Waals surface area (Å²) in [6, 6.07) is 10.4. The van der Waals surface area contributed by atoms with Gasteiger partial charge in [-0.15, -0.1) is 5.10 Å². The fourth-order valence-corrected chi connectivity index (χ4v) is 3.71. The molecule has 30 heavy (non-hydrogen) atoms. The Kier molecular flexibility index (Phi) is 5.99. The summed E-state index contributed by atoms with van der Waals surface area (Å²) < 4.78 is 5.22. The monoisotopic (exact) mass is 427 g/mol. The highest BCUT2D eigenvalue weighted by Crippen LogP contribution is 2.29. The van der Waals surface area contributed by atoms with E-state index in [-0.39, 0.29) is 18.0 Å². The summed E-state index contributed by atoms with van der Waals surface area (Å²) in [6.45, 7) is 1.39. The lowest BCUT2D eigenvalue weighted by Crippen LogP contribution is -2.51. The van der Waals surface area contributed by atoms with Crippen LogP contribution in [0, 0.1) is 0 Å². The average Bonchev–Trinajstić information content (AvgIpc) is 3.31. The topological polar surface area (TPSA) is 108 Å². The van der Waals surface area contributed by atoms with Crippen molar-refractivity contribution in [2.45, 2.75) is 18.4 Å². The van der Waals surface area contributed by atoms with Gasteiger partial charge in [-0.1, -0.05) is 11.6 Å². The molecule has 0 bridgehead atoms. The first-order chi connectivity index (χ1) is 14.6. The van der Waals surface area contributed by atoms with Crippen molar-refractivity contribution in [2.24, 2.45) is 0 Å². The molecule has 1 aromatic carbocycles. The molecule has 2 atom stereocenters. The quantitative estimate of drug-likeness (QED) is 0.577. The second-order valence-corrected chi connectivity index (χ2v) is 7.44. The highest BCUT2D eigenvalue weighted by molar-refractivity contribution is 6.30. The fourth-order valence-electron chi connectivity index (χ4n) is 3.58. The number of amides is 2. The van der Waals surface area contributed by atoms with Crippen molar-refractivity contribution < 1.29 is 9.53 Å². The van der Waals surface area contributed by atoms with Gasteiger partial charge in [0.2, 0.25) is 0 Å². The highest BCUT2D eigenvalue weighted by atomic mass is 35.5. The summed E-state index contributed by atoms with van der Waals surface area (Å²) in [5.74, 6) is 1.43. The number of carbonyl (C=O) groups is 1. The SMILES string of the molecule is COc1ccc([C@@H]2CN(c3cn[nH]n3)CC[C@H]2NC(=O)Nc2ccc(Cl)cc2)nc1. The zero-order chi connectivity index (χ0) is 20.9. The van der Waals surface area contributed by atoms with Gasteiger partial charge in [-0.3, -0.25) is 4.98 Å². The number of H-pyrrole nitrogens is 1. The molecule has 0 spiro atoms. The van der Waals surface area contributed by atoms with Crippen LogP contribution >= 0.6 is 11.6 Å². The molecule has 4 rings (SSSR count). The molecule has 1 aliphatic heterocycles. The Hall–Kier alpha value is -3.33. The van der Waals surface area contributed by atoms with Crippen molar-refractivity contribution in [3.63, 3.8) is 0 Å². The number of nitrogens with one attached hydrogen (secondary N) is 3. The number of aromatic nitrogens is 4. The molecule has 2 amide bonds. The molecule has 156 valence electrons. The van der Waals surface area contributed by atoms with Crippen molar-refractivity contribution in [2.75, 3.05) is 30.4 Å². The van der Waals surface area contributed by atoms with Gasteiger partial charge in [0, 0.05) is 41.5 Å². The van der Waals surface area contributed by atoms with Gasteiger partial charge in [0.15, 0.2) is 5.82 Å². The second-order valence-electron chi connectivity index (χ2n) is 7.00. The van der Waals surface area contributed by atoms with Crippen molar-refractivity contribution in [1.29, 1.82) is 0 Å². The Morgan fingerprint density at radius 1 is 1.23 bits per heavy atom. The van der Waals surface area contributed by atoms with Crippen LogP contribution < -0.4 is 20.3 Å². The van der Waals surface area contributed by atoms with E-state index in [9.17, 15) is 4.79 Å². The summed E-state index contributed by atoms with van der Waals surface area (Å²) in [5.41, 5.74) is 1.55. The lowest BCUT2D eigenvalue weighted by Gasteiger charge is -2.38. The van der Waals surface area contributed by atoms with Crippen LogP contribution in [0.3, 0.4) is 0 Å². The largest absolute Gasteiger partial charge is 0.495 e. The van der Waals surface area contributed by atoms with Crippen LogP contribution in [0.1, 0.15) is 18.0 Å². The van der Waals surface area contributed by atoms with E-state index in [1.54, 1.807) is 43.8 Å². The summed E-state index contributed by atoms with van der Waals surface area (Å²) >= 11 is 5.91. The Balaban J connectivity index is 1.50. The maximum Gasteiger partial charge on any atom is 0.319 e. The molecular weight excluding hydrogens is 406 g/mol. The molecule has 1 fully saturated rings. The standard InChI is InChI=1S/C20H22ClN7O2/c1-30-15-6-7-17(22-10-15)16-12-28(19-11-23-27-26-19)9-8-18(16)25-20(29)24-14-4-2-13(21)3-5-14/h2-7,10-11,16,18H,8-9,12H2,1H3,(H,23,26,27)(H2,24,25,29)/t16-,18+/m0/s1. The number of benzene rings is 1. The molecule has 10 heteroatoms. The zero-order valence-corrected chi connectivity index (χ0v) is 17.1.